The molecule has 0 saturated carbocycles. The Bertz CT molecular complexity index is 814. The number of nitro groups is 1. The zero-order chi connectivity index (χ0) is 17.8. The van der Waals surface area contributed by atoms with Crippen LogP contribution >= 0.6 is 11.3 Å². The molecule has 0 atom stereocenters. The molecule has 0 unspecified atom stereocenters. The number of thiazole rings is 1. The molecule has 1 aromatic heterocycles. The van der Waals surface area contributed by atoms with Crippen LogP contribution in [-0.4, -0.2) is 34.0 Å². The third-order valence-corrected chi connectivity index (χ3v) is 4.57. The summed E-state index contributed by atoms with van der Waals surface area (Å²) in [6, 6.07) is 6.99. The van der Waals surface area contributed by atoms with Gasteiger partial charge in [-0.3, -0.25) is 10.1 Å². The minimum absolute atomic E-state index is 0.0657. The molecule has 9 heteroatoms. The average molecular weight is 360 g/mol. The molecule has 1 N–H and O–H groups in total. The van der Waals surface area contributed by atoms with Gasteiger partial charge in [0.05, 0.1) is 4.92 Å². The molecule has 2 aromatic rings. The number of ether oxygens (including phenoxy) is 1. The minimum atomic E-state index is -0.503. The van der Waals surface area contributed by atoms with Crippen LogP contribution in [0.3, 0.4) is 0 Å². The van der Waals surface area contributed by atoms with Gasteiger partial charge in [0.25, 0.3) is 0 Å². The van der Waals surface area contributed by atoms with E-state index in [-0.39, 0.29) is 11.1 Å². The fourth-order valence-corrected chi connectivity index (χ4v) is 3.13. The van der Waals surface area contributed by atoms with Gasteiger partial charge in [-0.1, -0.05) is 18.7 Å². The standard InChI is InChI=1S/C16H16N4O4S/c1-11(18-15-17-10-14(25-15)20(22)23)12-6-2-3-7-13(12)24-16(21)19-8-4-5-9-19/h2-3,6-7,10H,1,4-5,8-9H2,(H,17,18). The quantitative estimate of drug-likeness (QED) is 0.644. The first-order valence-electron chi connectivity index (χ1n) is 7.67. The van der Waals surface area contributed by atoms with Crippen LogP contribution < -0.4 is 10.1 Å². The van der Waals surface area contributed by atoms with Crippen LogP contribution in [0.1, 0.15) is 18.4 Å². The van der Waals surface area contributed by atoms with Crippen LogP contribution in [0.25, 0.3) is 5.70 Å². The number of carbonyl (C=O) groups is 1. The summed E-state index contributed by atoms with van der Waals surface area (Å²) >= 11 is 0.906. The first kappa shape index (κ1) is 16.9. The highest BCUT2D eigenvalue weighted by Crippen LogP contribution is 2.30. The van der Waals surface area contributed by atoms with Crippen molar-refractivity contribution >= 4 is 33.3 Å². The molecule has 0 bridgehead atoms. The number of benzene rings is 1. The molecule has 1 aliphatic heterocycles. The second-order valence-electron chi connectivity index (χ2n) is 5.42. The van der Waals surface area contributed by atoms with E-state index in [9.17, 15) is 14.9 Å². The predicted molar refractivity (Wildman–Crippen MR) is 94.7 cm³/mol. The number of likely N-dealkylation sites (tertiary alicyclic amines) is 1. The molecule has 1 aliphatic rings. The van der Waals surface area contributed by atoms with E-state index in [1.165, 1.54) is 6.20 Å². The number of amides is 1. The highest BCUT2D eigenvalue weighted by Gasteiger charge is 2.21. The maximum absolute atomic E-state index is 12.2. The Morgan fingerprint density at radius 1 is 1.36 bits per heavy atom. The molecule has 8 nitrogen and oxygen atoms in total. The summed E-state index contributed by atoms with van der Waals surface area (Å²) in [6.45, 7) is 5.32. The van der Waals surface area contributed by atoms with E-state index >= 15 is 0 Å². The Morgan fingerprint density at radius 2 is 2.08 bits per heavy atom. The van der Waals surface area contributed by atoms with E-state index in [1.807, 2.05) is 0 Å². The third-order valence-electron chi connectivity index (χ3n) is 3.70. The number of nitrogens with one attached hydrogen (secondary N) is 1. The Balaban J connectivity index is 1.73. The Morgan fingerprint density at radius 3 is 2.76 bits per heavy atom. The van der Waals surface area contributed by atoms with E-state index in [1.54, 1.807) is 29.2 Å². The number of para-hydroxylation sites is 1. The van der Waals surface area contributed by atoms with Gasteiger partial charge in [0.15, 0.2) is 5.13 Å². The largest absolute Gasteiger partial charge is 0.415 e. The molecule has 25 heavy (non-hydrogen) atoms. The van der Waals surface area contributed by atoms with Crippen molar-refractivity contribution in [3.8, 4) is 5.75 Å². The van der Waals surface area contributed by atoms with Gasteiger partial charge in [0.1, 0.15) is 11.9 Å². The Labute approximate surface area is 147 Å². The monoisotopic (exact) mass is 360 g/mol. The summed E-state index contributed by atoms with van der Waals surface area (Å²) in [7, 11) is 0. The maximum Gasteiger partial charge on any atom is 0.415 e. The summed E-state index contributed by atoms with van der Waals surface area (Å²) in [5.41, 5.74) is 1.03. The molecule has 0 spiro atoms. The van der Waals surface area contributed by atoms with Crippen LogP contribution in [0.2, 0.25) is 0 Å². The van der Waals surface area contributed by atoms with Gasteiger partial charge in [-0.05, 0) is 36.3 Å². The second-order valence-corrected chi connectivity index (χ2v) is 6.43. The van der Waals surface area contributed by atoms with Crippen molar-refractivity contribution in [1.29, 1.82) is 0 Å². The average Bonchev–Trinajstić information content (AvgIpc) is 3.27. The molecular formula is C16H16N4O4S. The van der Waals surface area contributed by atoms with E-state index in [0.717, 1.165) is 24.2 Å². The summed E-state index contributed by atoms with van der Waals surface area (Å²) in [5.74, 6) is 0.378. The number of anilines is 1. The first-order chi connectivity index (χ1) is 12.0. The van der Waals surface area contributed by atoms with E-state index in [4.69, 9.17) is 4.74 Å². The molecule has 1 saturated heterocycles. The second kappa shape index (κ2) is 7.31. The van der Waals surface area contributed by atoms with Crippen molar-refractivity contribution in [3.05, 3.63) is 52.7 Å². The molecule has 0 aliphatic carbocycles. The Hall–Kier alpha value is -2.94. The molecule has 1 amide bonds. The smallest absolute Gasteiger partial charge is 0.409 e. The van der Waals surface area contributed by atoms with Crippen LogP contribution in [0.5, 0.6) is 5.75 Å². The third kappa shape index (κ3) is 3.94. The van der Waals surface area contributed by atoms with Gasteiger partial charge in [-0.2, -0.15) is 0 Å². The molecule has 3 rings (SSSR count). The molecule has 0 radical (unpaired) electrons. The fraction of sp³-hybridized carbons (Fsp3) is 0.250. The van der Waals surface area contributed by atoms with Gasteiger partial charge in [0, 0.05) is 24.4 Å². The lowest BCUT2D eigenvalue weighted by Crippen LogP contribution is -2.30. The highest BCUT2D eigenvalue weighted by molar-refractivity contribution is 7.18. The summed E-state index contributed by atoms with van der Waals surface area (Å²) < 4.78 is 5.49. The summed E-state index contributed by atoms with van der Waals surface area (Å²) in [4.78, 5) is 28.0. The summed E-state index contributed by atoms with van der Waals surface area (Å²) in [6.07, 6.45) is 2.75. The van der Waals surface area contributed by atoms with Crippen LogP contribution in [0, 0.1) is 10.1 Å². The molecular weight excluding hydrogens is 344 g/mol. The van der Waals surface area contributed by atoms with Crippen LogP contribution in [-0.2, 0) is 0 Å². The Kier molecular flexibility index (Phi) is 4.94. The number of nitrogens with zero attached hydrogens (tertiary/aromatic N) is 3. The molecule has 130 valence electrons. The normalized spacial score (nSPS) is 13.5. The number of hydrogen-bond donors (Lipinski definition) is 1. The van der Waals surface area contributed by atoms with Crippen molar-refractivity contribution < 1.29 is 14.5 Å². The maximum atomic E-state index is 12.2. The molecule has 2 heterocycles. The van der Waals surface area contributed by atoms with E-state index in [2.05, 4.69) is 16.9 Å². The van der Waals surface area contributed by atoms with Gasteiger partial charge in [-0.15, -0.1) is 0 Å². The van der Waals surface area contributed by atoms with Crippen molar-refractivity contribution in [3.63, 3.8) is 0 Å². The zero-order valence-electron chi connectivity index (χ0n) is 13.3. The van der Waals surface area contributed by atoms with Gasteiger partial charge < -0.3 is 15.0 Å². The SMILES string of the molecule is C=C(Nc1ncc([N+](=O)[O-])s1)c1ccccc1OC(=O)N1CCCC1. The zero-order valence-corrected chi connectivity index (χ0v) is 14.1. The molecule has 1 aromatic carbocycles. The van der Waals surface area contributed by atoms with E-state index < -0.39 is 4.92 Å². The highest BCUT2D eigenvalue weighted by atomic mass is 32.1. The van der Waals surface area contributed by atoms with Crippen LogP contribution in [0.4, 0.5) is 14.9 Å². The van der Waals surface area contributed by atoms with Gasteiger partial charge in [-0.25, -0.2) is 9.78 Å². The number of rotatable bonds is 5. The topological polar surface area (TPSA) is 97.6 Å². The van der Waals surface area contributed by atoms with Crippen molar-refractivity contribution in [2.45, 2.75) is 12.8 Å². The lowest BCUT2D eigenvalue weighted by atomic mass is 10.1. The summed E-state index contributed by atoms with van der Waals surface area (Å²) in [5, 5.41) is 13.9. The van der Waals surface area contributed by atoms with Gasteiger partial charge >= 0.3 is 11.1 Å². The minimum Gasteiger partial charge on any atom is -0.409 e. The van der Waals surface area contributed by atoms with Crippen LogP contribution in [0.15, 0.2) is 37.0 Å². The first-order valence-corrected chi connectivity index (χ1v) is 8.48. The lowest BCUT2D eigenvalue weighted by Gasteiger charge is -2.17. The number of aromatic nitrogens is 1. The van der Waals surface area contributed by atoms with E-state index in [0.29, 0.717) is 35.2 Å². The predicted octanol–water partition coefficient (Wildman–Crippen LogP) is 3.73. The molecule has 1 fully saturated rings. The number of hydrogen-bond acceptors (Lipinski definition) is 7. The van der Waals surface area contributed by atoms with Crippen molar-refractivity contribution in [2.75, 3.05) is 18.4 Å². The van der Waals surface area contributed by atoms with Crippen molar-refractivity contribution in [1.82, 2.24) is 9.88 Å². The number of carbonyl (C=O) groups excluding carboxylic acids is 1. The van der Waals surface area contributed by atoms with Crippen molar-refractivity contribution in [2.24, 2.45) is 0 Å². The van der Waals surface area contributed by atoms with Gasteiger partial charge in [0.2, 0.25) is 0 Å². The fourth-order valence-electron chi connectivity index (χ4n) is 2.47. The lowest BCUT2D eigenvalue weighted by molar-refractivity contribution is -0.380.